The summed E-state index contributed by atoms with van der Waals surface area (Å²) in [5.41, 5.74) is 2.56. The first-order chi connectivity index (χ1) is 12.6. The highest BCUT2D eigenvalue weighted by Gasteiger charge is 2.25. The molecule has 0 aliphatic carbocycles. The lowest BCUT2D eigenvalue weighted by molar-refractivity contribution is 0.0533. The van der Waals surface area contributed by atoms with Crippen LogP contribution in [0.2, 0.25) is 5.02 Å². The van der Waals surface area contributed by atoms with Gasteiger partial charge in [0.15, 0.2) is 0 Å². The van der Waals surface area contributed by atoms with Gasteiger partial charge < -0.3 is 15.0 Å². The monoisotopic (exact) mass is 386 g/mol. The van der Waals surface area contributed by atoms with Crippen molar-refractivity contribution in [1.29, 1.82) is 5.26 Å². The first kappa shape index (κ1) is 18.0. The molecule has 26 heavy (non-hydrogen) atoms. The largest absolute Gasteiger partial charge is 0.462 e. The van der Waals surface area contributed by atoms with Gasteiger partial charge in [-0.3, -0.25) is 0 Å². The molecule has 0 saturated carbocycles. The van der Waals surface area contributed by atoms with Crippen LogP contribution < -0.4 is 5.32 Å². The molecular formula is C18H15ClN4O2S. The van der Waals surface area contributed by atoms with E-state index in [1.807, 2.05) is 0 Å². The third-order valence-corrected chi connectivity index (χ3v) is 4.99. The van der Waals surface area contributed by atoms with Crippen LogP contribution in [-0.4, -0.2) is 22.5 Å². The molecule has 132 valence electrons. The van der Waals surface area contributed by atoms with E-state index in [9.17, 15) is 10.1 Å². The van der Waals surface area contributed by atoms with Crippen molar-refractivity contribution >= 4 is 33.9 Å². The van der Waals surface area contributed by atoms with E-state index < -0.39 is 5.97 Å². The Morgan fingerprint density at radius 1 is 1.42 bits per heavy atom. The summed E-state index contributed by atoms with van der Waals surface area (Å²) in [6, 6.07) is 9.22. The van der Waals surface area contributed by atoms with Crippen LogP contribution in [0.3, 0.4) is 0 Å². The maximum absolute atomic E-state index is 12.4. The number of nitrogens with zero attached hydrogens (tertiary/aromatic N) is 2. The first-order valence-corrected chi connectivity index (χ1v) is 9.04. The second-order valence-corrected chi connectivity index (χ2v) is 6.74. The van der Waals surface area contributed by atoms with Crippen LogP contribution in [0.15, 0.2) is 36.8 Å². The molecule has 0 saturated heterocycles. The normalized spacial score (nSPS) is 10.3. The van der Waals surface area contributed by atoms with Crippen LogP contribution in [0, 0.1) is 11.3 Å². The average molecular weight is 387 g/mol. The zero-order valence-corrected chi connectivity index (χ0v) is 15.4. The number of rotatable bonds is 6. The molecule has 2 heterocycles. The lowest BCUT2D eigenvalue weighted by Gasteiger charge is -2.05. The topological polar surface area (TPSA) is 90.8 Å². The fourth-order valence-electron chi connectivity index (χ4n) is 2.45. The fraction of sp³-hybridized carbons (Fsp3) is 0.167. The molecule has 0 aliphatic rings. The van der Waals surface area contributed by atoms with Crippen molar-refractivity contribution < 1.29 is 9.53 Å². The number of H-pyrrole nitrogens is 1. The standard InChI is InChI=1S/C18H15ClN4O2S/c1-2-25-18(24)16-15(11-3-5-12(19)6-4-11)14(7-20)17(26-16)22-9-13-8-21-10-23-13/h3-6,8,10,22H,2,9H2,1H3,(H,21,23). The van der Waals surface area contributed by atoms with Crippen molar-refractivity contribution in [3.63, 3.8) is 0 Å². The molecule has 1 aromatic carbocycles. The summed E-state index contributed by atoms with van der Waals surface area (Å²) >= 11 is 7.17. The summed E-state index contributed by atoms with van der Waals surface area (Å²) in [4.78, 5) is 19.8. The number of esters is 1. The van der Waals surface area contributed by atoms with Crippen LogP contribution in [-0.2, 0) is 11.3 Å². The molecule has 3 aromatic rings. The van der Waals surface area contributed by atoms with Gasteiger partial charge >= 0.3 is 5.97 Å². The molecule has 2 N–H and O–H groups in total. The van der Waals surface area contributed by atoms with Crippen molar-refractivity contribution in [3.8, 4) is 17.2 Å². The molecule has 8 heteroatoms. The molecule has 0 aliphatic heterocycles. The predicted octanol–water partition coefficient (Wildman–Crippen LogP) is 4.45. The molecule has 3 rings (SSSR count). The Morgan fingerprint density at radius 2 is 2.19 bits per heavy atom. The smallest absolute Gasteiger partial charge is 0.349 e. The summed E-state index contributed by atoms with van der Waals surface area (Å²) in [5, 5.41) is 14.1. The molecule has 0 amide bonds. The van der Waals surface area contributed by atoms with Gasteiger partial charge in [-0.25, -0.2) is 9.78 Å². The number of carbonyl (C=O) groups is 1. The Hall–Kier alpha value is -2.82. The number of nitrogens with one attached hydrogen (secondary N) is 2. The number of nitriles is 1. The van der Waals surface area contributed by atoms with Crippen LogP contribution in [0.5, 0.6) is 0 Å². The molecule has 0 atom stereocenters. The Bertz CT molecular complexity index is 943. The van der Waals surface area contributed by atoms with Gasteiger partial charge in [-0.2, -0.15) is 5.26 Å². The van der Waals surface area contributed by atoms with Gasteiger partial charge in [-0.1, -0.05) is 23.7 Å². The predicted molar refractivity (Wildman–Crippen MR) is 101 cm³/mol. The maximum atomic E-state index is 12.4. The van der Waals surface area contributed by atoms with E-state index >= 15 is 0 Å². The summed E-state index contributed by atoms with van der Waals surface area (Å²) < 4.78 is 5.17. The second-order valence-electron chi connectivity index (χ2n) is 5.28. The number of hydrogen-bond acceptors (Lipinski definition) is 6. The number of thiophene rings is 1. The first-order valence-electron chi connectivity index (χ1n) is 7.85. The van der Waals surface area contributed by atoms with Gasteiger partial charge in [-0.15, -0.1) is 11.3 Å². The molecular weight excluding hydrogens is 372 g/mol. The number of anilines is 1. The van der Waals surface area contributed by atoms with Gasteiger partial charge in [-0.05, 0) is 24.6 Å². The minimum atomic E-state index is -0.450. The van der Waals surface area contributed by atoms with Gasteiger partial charge in [0.1, 0.15) is 15.9 Å². The van der Waals surface area contributed by atoms with Crippen LogP contribution in [0.4, 0.5) is 5.00 Å². The number of aromatic nitrogens is 2. The molecule has 0 spiro atoms. The van der Waals surface area contributed by atoms with E-state index in [2.05, 4.69) is 21.4 Å². The van der Waals surface area contributed by atoms with Gasteiger partial charge in [0.25, 0.3) is 0 Å². The SMILES string of the molecule is CCOC(=O)c1sc(NCc2cnc[nH]2)c(C#N)c1-c1ccc(Cl)cc1. The van der Waals surface area contributed by atoms with E-state index in [-0.39, 0.29) is 6.61 Å². The van der Waals surface area contributed by atoms with Crippen LogP contribution in [0.1, 0.15) is 27.9 Å². The maximum Gasteiger partial charge on any atom is 0.349 e. The van der Waals surface area contributed by atoms with Crippen LogP contribution >= 0.6 is 22.9 Å². The Morgan fingerprint density at radius 3 is 2.81 bits per heavy atom. The van der Waals surface area contributed by atoms with Crippen LogP contribution in [0.25, 0.3) is 11.1 Å². The van der Waals surface area contributed by atoms with E-state index in [4.69, 9.17) is 16.3 Å². The van der Waals surface area contributed by atoms with Gasteiger partial charge in [0.2, 0.25) is 0 Å². The van der Waals surface area contributed by atoms with E-state index in [0.29, 0.717) is 32.6 Å². The summed E-state index contributed by atoms with van der Waals surface area (Å²) in [7, 11) is 0. The number of aromatic amines is 1. The number of benzene rings is 1. The van der Waals surface area contributed by atoms with Crippen molar-refractivity contribution in [2.24, 2.45) is 0 Å². The number of imidazole rings is 1. The summed E-state index contributed by atoms with van der Waals surface area (Å²) in [6.45, 7) is 2.46. The highest BCUT2D eigenvalue weighted by molar-refractivity contribution is 7.18. The lowest BCUT2D eigenvalue weighted by Crippen LogP contribution is -2.04. The minimum absolute atomic E-state index is 0.260. The molecule has 2 aromatic heterocycles. The highest BCUT2D eigenvalue weighted by atomic mass is 35.5. The molecule has 0 unspecified atom stereocenters. The van der Waals surface area contributed by atoms with Gasteiger partial charge in [0, 0.05) is 16.8 Å². The zero-order valence-electron chi connectivity index (χ0n) is 13.9. The zero-order chi connectivity index (χ0) is 18.5. The van der Waals surface area contributed by atoms with E-state index in [1.54, 1.807) is 43.7 Å². The number of halogens is 1. The third kappa shape index (κ3) is 3.72. The summed E-state index contributed by atoms with van der Waals surface area (Å²) in [6.07, 6.45) is 3.28. The molecule has 0 radical (unpaired) electrons. The Kier molecular flexibility index (Phi) is 5.56. The molecule has 0 fully saturated rings. The lowest BCUT2D eigenvalue weighted by atomic mass is 10.0. The fourth-order valence-corrected chi connectivity index (χ4v) is 3.64. The van der Waals surface area contributed by atoms with Crippen molar-refractivity contribution in [2.75, 3.05) is 11.9 Å². The number of ether oxygens (including phenoxy) is 1. The van der Waals surface area contributed by atoms with Crippen molar-refractivity contribution in [1.82, 2.24) is 9.97 Å². The number of carbonyl (C=O) groups excluding carboxylic acids is 1. The second kappa shape index (κ2) is 8.04. The minimum Gasteiger partial charge on any atom is -0.462 e. The van der Waals surface area contributed by atoms with Crippen molar-refractivity contribution in [3.05, 3.63) is 57.9 Å². The number of hydrogen-bond donors (Lipinski definition) is 2. The quantitative estimate of drug-likeness (QED) is 0.610. The highest BCUT2D eigenvalue weighted by Crippen LogP contribution is 2.40. The van der Waals surface area contributed by atoms with E-state index in [0.717, 1.165) is 11.3 Å². The van der Waals surface area contributed by atoms with E-state index in [1.165, 1.54) is 11.3 Å². The Balaban J connectivity index is 2.05. The van der Waals surface area contributed by atoms with Crippen molar-refractivity contribution in [2.45, 2.75) is 13.5 Å². The third-order valence-electron chi connectivity index (χ3n) is 3.61. The average Bonchev–Trinajstić information content (AvgIpc) is 3.28. The Labute approximate surface area is 159 Å². The summed E-state index contributed by atoms with van der Waals surface area (Å²) in [5.74, 6) is -0.450. The molecule has 0 bridgehead atoms. The molecule has 6 nitrogen and oxygen atoms in total. The van der Waals surface area contributed by atoms with Gasteiger partial charge in [0.05, 0.1) is 30.7 Å².